The minimum absolute atomic E-state index is 0.166. The van der Waals surface area contributed by atoms with Gasteiger partial charge in [0, 0.05) is 13.1 Å². The van der Waals surface area contributed by atoms with E-state index in [1.807, 2.05) is 28.8 Å². The van der Waals surface area contributed by atoms with E-state index in [1.165, 1.54) is 18.4 Å². The summed E-state index contributed by atoms with van der Waals surface area (Å²) >= 11 is 0. The summed E-state index contributed by atoms with van der Waals surface area (Å²) in [4.78, 5) is 22.5. The summed E-state index contributed by atoms with van der Waals surface area (Å²) in [5, 5.41) is 2.99. The number of fused-ring (bicyclic) bond motifs is 2. The zero-order valence-corrected chi connectivity index (χ0v) is 17.1. The van der Waals surface area contributed by atoms with Crippen LogP contribution in [-0.2, 0) is 6.54 Å². The number of allylic oxidation sites excluding steroid dienone is 2. The van der Waals surface area contributed by atoms with Gasteiger partial charge in [0.2, 0.25) is 0 Å². The number of aromatic nitrogens is 3. The molecule has 29 heavy (non-hydrogen) atoms. The molecule has 1 aromatic carbocycles. The van der Waals surface area contributed by atoms with E-state index in [1.54, 1.807) is 0 Å². The van der Waals surface area contributed by atoms with Crippen LogP contribution in [0.1, 0.15) is 62.2 Å². The van der Waals surface area contributed by atoms with Gasteiger partial charge < -0.3 is 15.6 Å². The summed E-state index contributed by atoms with van der Waals surface area (Å²) in [6.45, 7) is 3.45. The van der Waals surface area contributed by atoms with Gasteiger partial charge in [-0.15, -0.1) is 0 Å². The van der Waals surface area contributed by atoms with Gasteiger partial charge in [0.15, 0.2) is 5.65 Å². The molecule has 0 saturated heterocycles. The highest BCUT2D eigenvalue weighted by Crippen LogP contribution is 2.29. The summed E-state index contributed by atoms with van der Waals surface area (Å²) in [7, 11) is 0. The fraction of sp³-hybridized carbons (Fsp3) is 0.435. The Bertz CT molecular complexity index is 1070. The molecule has 3 N–H and O–H groups in total. The molecule has 0 radical (unpaired) electrons. The number of aryl methyl sites for hydroxylation is 1. The second-order valence-electron chi connectivity index (χ2n) is 7.76. The fourth-order valence-electron chi connectivity index (χ4n) is 4.02. The molecule has 0 saturated carbocycles. The number of para-hydroxylation sites is 2. The molecule has 0 aliphatic heterocycles. The lowest BCUT2D eigenvalue weighted by molar-refractivity contribution is 0.0955. The Hall–Kier alpha value is -2.89. The SMILES string of the molecule is CCCCNC(=O)c1c(N)n(CCC2=CCCCC2)c2nc3ccccc3nc12. The topological polar surface area (TPSA) is 85.8 Å². The van der Waals surface area contributed by atoms with Crippen molar-refractivity contribution in [1.29, 1.82) is 0 Å². The molecular formula is C23H29N5O. The van der Waals surface area contributed by atoms with Crippen LogP contribution in [-0.4, -0.2) is 27.0 Å². The van der Waals surface area contributed by atoms with Crippen LogP contribution in [0.5, 0.6) is 0 Å². The Balaban J connectivity index is 1.76. The smallest absolute Gasteiger partial charge is 0.257 e. The molecular weight excluding hydrogens is 362 g/mol. The second kappa shape index (κ2) is 8.64. The van der Waals surface area contributed by atoms with Crippen LogP contribution < -0.4 is 11.1 Å². The van der Waals surface area contributed by atoms with Crippen molar-refractivity contribution in [3.05, 3.63) is 41.5 Å². The number of unbranched alkanes of at least 4 members (excludes halogenated alkanes) is 1. The Morgan fingerprint density at radius 1 is 1.21 bits per heavy atom. The van der Waals surface area contributed by atoms with E-state index in [9.17, 15) is 4.79 Å². The van der Waals surface area contributed by atoms with E-state index in [0.29, 0.717) is 35.6 Å². The molecule has 3 aromatic rings. The van der Waals surface area contributed by atoms with Crippen molar-refractivity contribution in [2.75, 3.05) is 12.3 Å². The molecule has 2 aromatic heterocycles. The first-order valence-corrected chi connectivity index (χ1v) is 10.7. The van der Waals surface area contributed by atoms with Crippen LogP contribution in [0.2, 0.25) is 0 Å². The first kappa shape index (κ1) is 19.4. The molecule has 0 unspecified atom stereocenters. The van der Waals surface area contributed by atoms with Gasteiger partial charge in [0.1, 0.15) is 16.9 Å². The number of amides is 1. The Morgan fingerprint density at radius 3 is 2.72 bits per heavy atom. The van der Waals surface area contributed by atoms with E-state index < -0.39 is 0 Å². The monoisotopic (exact) mass is 391 g/mol. The third-order valence-electron chi connectivity index (χ3n) is 5.68. The number of nitrogen functional groups attached to an aromatic ring is 1. The predicted octanol–water partition coefficient (Wildman–Crippen LogP) is 4.59. The number of rotatable bonds is 7. The minimum Gasteiger partial charge on any atom is -0.384 e. The highest BCUT2D eigenvalue weighted by molar-refractivity contribution is 6.10. The van der Waals surface area contributed by atoms with E-state index in [-0.39, 0.29) is 5.91 Å². The van der Waals surface area contributed by atoms with Gasteiger partial charge in [-0.1, -0.05) is 37.1 Å². The average Bonchev–Trinajstić information content (AvgIpc) is 3.01. The quantitative estimate of drug-likeness (QED) is 0.456. The van der Waals surface area contributed by atoms with Gasteiger partial charge in [-0.3, -0.25) is 4.79 Å². The summed E-state index contributed by atoms with van der Waals surface area (Å²) < 4.78 is 1.97. The molecule has 0 bridgehead atoms. The Kier molecular flexibility index (Phi) is 5.79. The van der Waals surface area contributed by atoms with E-state index in [2.05, 4.69) is 18.3 Å². The van der Waals surface area contributed by atoms with Crippen LogP contribution in [0.3, 0.4) is 0 Å². The third kappa shape index (κ3) is 3.97. The summed E-state index contributed by atoms with van der Waals surface area (Å²) in [6.07, 6.45) is 10.1. The zero-order chi connectivity index (χ0) is 20.2. The number of carbonyl (C=O) groups is 1. The first-order valence-electron chi connectivity index (χ1n) is 10.7. The van der Waals surface area contributed by atoms with E-state index >= 15 is 0 Å². The van der Waals surface area contributed by atoms with Crippen molar-refractivity contribution in [3.63, 3.8) is 0 Å². The summed E-state index contributed by atoms with van der Waals surface area (Å²) in [5.41, 5.74) is 11.3. The number of hydrogen-bond acceptors (Lipinski definition) is 4. The van der Waals surface area contributed by atoms with Crippen LogP contribution in [0.25, 0.3) is 22.2 Å². The van der Waals surface area contributed by atoms with Crippen LogP contribution in [0.15, 0.2) is 35.9 Å². The number of nitrogens with two attached hydrogens (primary N) is 1. The maximum atomic E-state index is 12.9. The molecule has 1 aliphatic carbocycles. The highest BCUT2D eigenvalue weighted by atomic mass is 16.1. The van der Waals surface area contributed by atoms with Crippen molar-refractivity contribution in [3.8, 4) is 0 Å². The van der Waals surface area contributed by atoms with Gasteiger partial charge in [0.25, 0.3) is 5.91 Å². The molecule has 152 valence electrons. The number of nitrogens with zero attached hydrogens (tertiary/aromatic N) is 3. The van der Waals surface area contributed by atoms with Crippen molar-refractivity contribution in [1.82, 2.24) is 19.9 Å². The normalized spacial score (nSPS) is 14.3. The standard InChI is InChI=1S/C23H29N5O/c1-2-3-14-25-23(29)19-20-22(27-18-12-8-7-11-17(18)26-20)28(21(19)24)15-13-16-9-5-4-6-10-16/h7-9,11-12H,2-6,10,13-15,24H2,1H3,(H,25,29). The largest absolute Gasteiger partial charge is 0.384 e. The van der Waals surface area contributed by atoms with Crippen molar-refractivity contribution < 1.29 is 4.79 Å². The van der Waals surface area contributed by atoms with Gasteiger partial charge in [-0.2, -0.15) is 0 Å². The average molecular weight is 392 g/mol. The van der Waals surface area contributed by atoms with E-state index in [4.69, 9.17) is 15.7 Å². The summed E-state index contributed by atoms with van der Waals surface area (Å²) in [5.74, 6) is 0.293. The zero-order valence-electron chi connectivity index (χ0n) is 17.1. The molecule has 1 aliphatic rings. The number of nitrogens with one attached hydrogen (secondary N) is 1. The lowest BCUT2D eigenvalue weighted by atomic mass is 9.97. The van der Waals surface area contributed by atoms with Crippen LogP contribution in [0.4, 0.5) is 5.82 Å². The van der Waals surface area contributed by atoms with Crippen molar-refractivity contribution in [2.45, 2.75) is 58.4 Å². The molecule has 4 rings (SSSR count). The lowest BCUT2D eigenvalue weighted by Crippen LogP contribution is -2.25. The predicted molar refractivity (Wildman–Crippen MR) is 118 cm³/mol. The lowest BCUT2D eigenvalue weighted by Gasteiger charge is -2.14. The van der Waals surface area contributed by atoms with Crippen molar-refractivity contribution >= 4 is 33.9 Å². The van der Waals surface area contributed by atoms with Crippen LogP contribution in [0, 0.1) is 0 Å². The number of anilines is 1. The third-order valence-corrected chi connectivity index (χ3v) is 5.68. The number of carbonyl (C=O) groups excluding carboxylic acids is 1. The Morgan fingerprint density at radius 2 is 2.00 bits per heavy atom. The maximum absolute atomic E-state index is 12.9. The minimum atomic E-state index is -0.166. The molecule has 1 amide bonds. The van der Waals surface area contributed by atoms with Gasteiger partial charge in [0.05, 0.1) is 11.0 Å². The molecule has 2 heterocycles. The van der Waals surface area contributed by atoms with Crippen LogP contribution >= 0.6 is 0 Å². The summed E-state index contributed by atoms with van der Waals surface area (Å²) in [6, 6.07) is 7.74. The van der Waals surface area contributed by atoms with Gasteiger partial charge >= 0.3 is 0 Å². The fourth-order valence-corrected chi connectivity index (χ4v) is 4.02. The van der Waals surface area contributed by atoms with Crippen molar-refractivity contribution in [2.24, 2.45) is 0 Å². The van der Waals surface area contributed by atoms with Gasteiger partial charge in [-0.05, 0) is 50.7 Å². The molecule has 0 atom stereocenters. The highest BCUT2D eigenvalue weighted by Gasteiger charge is 2.23. The number of benzene rings is 1. The van der Waals surface area contributed by atoms with E-state index in [0.717, 1.165) is 43.1 Å². The first-order chi connectivity index (χ1) is 14.2. The molecule has 6 nitrogen and oxygen atoms in total. The molecule has 0 fully saturated rings. The number of hydrogen-bond donors (Lipinski definition) is 2. The molecule has 0 spiro atoms. The Labute approximate surface area is 171 Å². The molecule has 6 heteroatoms. The second-order valence-corrected chi connectivity index (χ2v) is 7.76. The maximum Gasteiger partial charge on any atom is 0.257 e. The van der Waals surface area contributed by atoms with Gasteiger partial charge in [-0.25, -0.2) is 9.97 Å².